The van der Waals surface area contributed by atoms with Crippen LogP contribution in [0, 0.1) is 0 Å². The van der Waals surface area contributed by atoms with Gasteiger partial charge in [0.1, 0.15) is 5.75 Å². The van der Waals surface area contributed by atoms with Gasteiger partial charge in [0.2, 0.25) is 0 Å². The van der Waals surface area contributed by atoms with E-state index in [0.29, 0.717) is 24.1 Å². The average molecular weight is 291 g/mol. The molecule has 2 heterocycles. The summed E-state index contributed by atoms with van der Waals surface area (Å²) < 4.78 is 12.2. The highest BCUT2D eigenvalue weighted by Crippen LogP contribution is 2.17. The number of benzene rings is 1. The molecule has 0 amide bonds. The van der Waals surface area contributed by atoms with Crippen LogP contribution in [0.3, 0.4) is 0 Å². The van der Waals surface area contributed by atoms with Gasteiger partial charge in [-0.1, -0.05) is 0 Å². The monoisotopic (exact) mass is 291 g/mol. The van der Waals surface area contributed by atoms with E-state index in [-0.39, 0.29) is 0 Å². The summed E-state index contributed by atoms with van der Waals surface area (Å²) in [6.45, 7) is 1.44. The standard InChI is InChI=1S/C14H17N3O4/c18-13-15-16-14(19)17(13)10-3-5-12(6-4-10)21-9-7-11-2-1-8-20-11/h3-6,11H,1-2,7-9H2,(H,15,18)(H,16,19). The molecule has 112 valence electrons. The lowest BCUT2D eigenvalue weighted by Crippen LogP contribution is -2.24. The van der Waals surface area contributed by atoms with Crippen LogP contribution >= 0.6 is 0 Å². The number of nitrogens with zero attached hydrogens (tertiary/aromatic N) is 1. The Kier molecular flexibility index (Phi) is 3.92. The summed E-state index contributed by atoms with van der Waals surface area (Å²) >= 11 is 0. The molecule has 7 nitrogen and oxygen atoms in total. The van der Waals surface area contributed by atoms with Gasteiger partial charge < -0.3 is 9.47 Å². The van der Waals surface area contributed by atoms with Crippen LogP contribution in [0.5, 0.6) is 5.75 Å². The molecule has 3 rings (SSSR count). The minimum atomic E-state index is -0.493. The van der Waals surface area contributed by atoms with Crippen molar-refractivity contribution in [3.05, 3.63) is 45.2 Å². The summed E-state index contributed by atoms with van der Waals surface area (Å²) in [4.78, 5) is 23.0. The lowest BCUT2D eigenvalue weighted by Gasteiger charge is -2.10. The molecule has 1 fully saturated rings. The molecule has 1 aromatic heterocycles. The van der Waals surface area contributed by atoms with Crippen LogP contribution in [0.2, 0.25) is 0 Å². The van der Waals surface area contributed by atoms with Crippen LogP contribution in [-0.4, -0.2) is 34.1 Å². The van der Waals surface area contributed by atoms with Crippen molar-refractivity contribution >= 4 is 0 Å². The first-order chi connectivity index (χ1) is 10.2. The van der Waals surface area contributed by atoms with E-state index >= 15 is 0 Å². The van der Waals surface area contributed by atoms with Crippen LogP contribution in [-0.2, 0) is 4.74 Å². The Balaban J connectivity index is 1.61. The Bertz CT molecular complexity index is 664. The molecular weight excluding hydrogens is 274 g/mol. The van der Waals surface area contributed by atoms with E-state index in [4.69, 9.17) is 9.47 Å². The van der Waals surface area contributed by atoms with Crippen molar-refractivity contribution in [1.29, 1.82) is 0 Å². The van der Waals surface area contributed by atoms with Crippen LogP contribution in [0.15, 0.2) is 33.9 Å². The second-order valence-corrected chi connectivity index (χ2v) is 4.96. The number of aromatic amines is 2. The molecule has 7 heteroatoms. The summed E-state index contributed by atoms with van der Waals surface area (Å²) in [7, 11) is 0. The van der Waals surface area contributed by atoms with Crippen LogP contribution in [0.1, 0.15) is 19.3 Å². The van der Waals surface area contributed by atoms with Crippen molar-refractivity contribution < 1.29 is 9.47 Å². The summed E-state index contributed by atoms with van der Waals surface area (Å²) in [5.74, 6) is 0.705. The van der Waals surface area contributed by atoms with Crippen molar-refractivity contribution in [2.75, 3.05) is 13.2 Å². The second kappa shape index (κ2) is 6.01. The van der Waals surface area contributed by atoms with Gasteiger partial charge in [-0.25, -0.2) is 24.4 Å². The van der Waals surface area contributed by atoms with E-state index in [9.17, 15) is 9.59 Å². The van der Waals surface area contributed by atoms with E-state index in [1.54, 1.807) is 24.3 Å². The predicted octanol–water partition coefficient (Wildman–Crippen LogP) is 0.802. The van der Waals surface area contributed by atoms with Gasteiger partial charge in [0.05, 0.1) is 18.4 Å². The molecule has 0 radical (unpaired) electrons. The molecule has 1 unspecified atom stereocenters. The van der Waals surface area contributed by atoms with E-state index in [1.807, 2.05) is 0 Å². The smallest absolute Gasteiger partial charge is 0.348 e. The maximum Gasteiger partial charge on any atom is 0.348 e. The zero-order valence-electron chi connectivity index (χ0n) is 11.5. The number of aromatic nitrogens is 3. The van der Waals surface area contributed by atoms with Gasteiger partial charge in [0.25, 0.3) is 0 Å². The van der Waals surface area contributed by atoms with Gasteiger partial charge in [-0.3, -0.25) is 0 Å². The van der Waals surface area contributed by atoms with Gasteiger partial charge in [-0.15, -0.1) is 0 Å². The molecular formula is C14H17N3O4. The predicted molar refractivity (Wildman–Crippen MR) is 76.1 cm³/mol. The SMILES string of the molecule is O=c1[nH][nH]c(=O)n1-c1ccc(OCCC2CCCO2)cc1. The summed E-state index contributed by atoms with van der Waals surface area (Å²) in [6, 6.07) is 6.82. The fourth-order valence-electron chi connectivity index (χ4n) is 2.42. The molecule has 1 saturated heterocycles. The molecule has 1 aromatic carbocycles. The van der Waals surface area contributed by atoms with E-state index in [2.05, 4.69) is 10.2 Å². The van der Waals surface area contributed by atoms with Crippen LogP contribution in [0.25, 0.3) is 5.69 Å². The molecule has 2 N–H and O–H groups in total. The average Bonchev–Trinajstić information content (AvgIpc) is 3.11. The number of nitrogens with one attached hydrogen (secondary N) is 2. The van der Waals surface area contributed by atoms with Gasteiger partial charge in [0, 0.05) is 13.0 Å². The Morgan fingerprint density at radius 2 is 1.90 bits per heavy atom. The van der Waals surface area contributed by atoms with E-state index in [0.717, 1.165) is 30.4 Å². The molecule has 0 bridgehead atoms. The van der Waals surface area contributed by atoms with Crippen molar-refractivity contribution in [1.82, 2.24) is 14.8 Å². The highest BCUT2D eigenvalue weighted by atomic mass is 16.5. The lowest BCUT2D eigenvalue weighted by molar-refractivity contribution is 0.0903. The van der Waals surface area contributed by atoms with Crippen molar-refractivity contribution in [2.45, 2.75) is 25.4 Å². The number of hydrogen-bond donors (Lipinski definition) is 2. The van der Waals surface area contributed by atoms with Crippen LogP contribution < -0.4 is 16.1 Å². The molecule has 0 saturated carbocycles. The third kappa shape index (κ3) is 3.08. The molecule has 21 heavy (non-hydrogen) atoms. The number of H-pyrrole nitrogens is 2. The highest BCUT2D eigenvalue weighted by molar-refractivity contribution is 5.36. The van der Waals surface area contributed by atoms with Crippen molar-refractivity contribution in [3.8, 4) is 11.4 Å². The van der Waals surface area contributed by atoms with Crippen molar-refractivity contribution in [2.24, 2.45) is 0 Å². The Labute approximate surface area is 120 Å². The Morgan fingerprint density at radius 1 is 1.19 bits per heavy atom. The fraction of sp³-hybridized carbons (Fsp3) is 0.429. The highest BCUT2D eigenvalue weighted by Gasteiger charge is 2.15. The summed E-state index contributed by atoms with van der Waals surface area (Å²) in [6.07, 6.45) is 3.40. The first-order valence-corrected chi connectivity index (χ1v) is 6.98. The molecule has 0 aliphatic carbocycles. The van der Waals surface area contributed by atoms with Gasteiger partial charge in [-0.05, 0) is 37.1 Å². The maximum absolute atomic E-state index is 11.5. The first-order valence-electron chi connectivity index (χ1n) is 6.98. The van der Waals surface area contributed by atoms with Crippen LogP contribution in [0.4, 0.5) is 0 Å². The molecule has 1 aliphatic heterocycles. The normalized spacial score (nSPS) is 18.0. The largest absolute Gasteiger partial charge is 0.493 e. The number of ether oxygens (including phenoxy) is 2. The third-order valence-corrected chi connectivity index (χ3v) is 3.51. The maximum atomic E-state index is 11.5. The quantitative estimate of drug-likeness (QED) is 0.853. The zero-order chi connectivity index (χ0) is 14.7. The Hall–Kier alpha value is -2.28. The first kappa shape index (κ1) is 13.7. The molecule has 1 aliphatic rings. The van der Waals surface area contributed by atoms with Gasteiger partial charge in [-0.2, -0.15) is 0 Å². The van der Waals surface area contributed by atoms with E-state index < -0.39 is 11.4 Å². The summed E-state index contributed by atoms with van der Waals surface area (Å²) in [5, 5.41) is 4.48. The van der Waals surface area contributed by atoms with Crippen molar-refractivity contribution in [3.63, 3.8) is 0 Å². The zero-order valence-corrected chi connectivity index (χ0v) is 11.5. The lowest BCUT2D eigenvalue weighted by atomic mass is 10.2. The Morgan fingerprint density at radius 3 is 2.52 bits per heavy atom. The minimum absolute atomic E-state index is 0.307. The minimum Gasteiger partial charge on any atom is -0.493 e. The van der Waals surface area contributed by atoms with E-state index in [1.165, 1.54) is 0 Å². The fourth-order valence-corrected chi connectivity index (χ4v) is 2.42. The summed E-state index contributed by atoms with van der Waals surface area (Å²) in [5.41, 5.74) is -0.493. The molecule has 2 aromatic rings. The number of hydrogen-bond acceptors (Lipinski definition) is 4. The molecule has 1 atom stereocenters. The second-order valence-electron chi connectivity index (χ2n) is 4.96. The van der Waals surface area contributed by atoms with Gasteiger partial charge in [0.15, 0.2) is 0 Å². The molecule has 0 spiro atoms. The number of rotatable bonds is 5. The topological polar surface area (TPSA) is 89.1 Å². The van der Waals surface area contributed by atoms with Gasteiger partial charge >= 0.3 is 11.4 Å². The third-order valence-electron chi connectivity index (χ3n) is 3.51.